The van der Waals surface area contributed by atoms with Crippen LogP contribution in [0.3, 0.4) is 0 Å². The van der Waals surface area contributed by atoms with Crippen LogP contribution in [0.4, 0.5) is 0 Å². The summed E-state index contributed by atoms with van der Waals surface area (Å²) in [6.07, 6.45) is 7.96. The molecule has 0 bridgehead atoms. The van der Waals surface area contributed by atoms with Crippen molar-refractivity contribution in [1.29, 1.82) is 0 Å². The van der Waals surface area contributed by atoms with E-state index >= 15 is 0 Å². The first-order chi connectivity index (χ1) is 14.0. The highest BCUT2D eigenvalue weighted by Gasteiger charge is 2.10. The topological polar surface area (TPSA) is 0 Å². The van der Waals surface area contributed by atoms with Crippen LogP contribution in [0.25, 0.3) is 27.5 Å². The van der Waals surface area contributed by atoms with Gasteiger partial charge in [-0.05, 0) is 75.8 Å². The van der Waals surface area contributed by atoms with Gasteiger partial charge in [-0.3, -0.25) is 0 Å². The van der Waals surface area contributed by atoms with E-state index in [1.807, 2.05) is 0 Å². The van der Waals surface area contributed by atoms with E-state index in [0.717, 1.165) is 25.2 Å². The second-order valence-corrected chi connectivity index (χ2v) is 8.95. The van der Waals surface area contributed by atoms with Gasteiger partial charge in [-0.15, -0.1) is 0 Å². The van der Waals surface area contributed by atoms with Crippen molar-refractivity contribution in [2.24, 2.45) is 11.8 Å². The van der Waals surface area contributed by atoms with Crippen LogP contribution < -0.4 is 0 Å². The van der Waals surface area contributed by atoms with Gasteiger partial charge in [-0.2, -0.15) is 0 Å². The second kappa shape index (κ2) is 8.41. The lowest BCUT2D eigenvalue weighted by molar-refractivity contribution is 0.417. The summed E-state index contributed by atoms with van der Waals surface area (Å²) in [5.41, 5.74) is 8.34. The number of allylic oxidation sites excluding steroid dienone is 4. The van der Waals surface area contributed by atoms with Crippen molar-refractivity contribution < 1.29 is 0 Å². The predicted octanol–water partition coefficient (Wildman–Crippen LogP) is 8.46. The van der Waals surface area contributed by atoms with Gasteiger partial charge in [0.25, 0.3) is 0 Å². The van der Waals surface area contributed by atoms with E-state index < -0.39 is 0 Å². The first kappa shape index (κ1) is 19.7. The Labute approximate surface area is 176 Å². The van der Waals surface area contributed by atoms with E-state index in [1.165, 1.54) is 44.2 Å². The Morgan fingerprint density at radius 3 is 2.07 bits per heavy atom. The lowest BCUT2D eigenvalue weighted by atomic mass is 9.90. The van der Waals surface area contributed by atoms with Gasteiger partial charge in [0.05, 0.1) is 0 Å². The molecular formula is C29H32. The Bertz CT molecular complexity index is 1060. The number of hydrogen-bond acceptors (Lipinski definition) is 0. The van der Waals surface area contributed by atoms with E-state index in [9.17, 15) is 0 Å². The van der Waals surface area contributed by atoms with E-state index in [1.54, 1.807) is 0 Å². The highest BCUT2D eigenvalue weighted by atomic mass is 14.2. The molecule has 0 radical (unpaired) electrons. The first-order valence-electron chi connectivity index (χ1n) is 11.1. The minimum atomic E-state index is 0.712. The van der Waals surface area contributed by atoms with Crippen LogP contribution in [0, 0.1) is 11.8 Å². The van der Waals surface area contributed by atoms with E-state index in [0.29, 0.717) is 5.92 Å². The zero-order valence-electron chi connectivity index (χ0n) is 18.2. The summed E-state index contributed by atoms with van der Waals surface area (Å²) < 4.78 is 0. The Kier molecular flexibility index (Phi) is 5.72. The van der Waals surface area contributed by atoms with E-state index in [2.05, 4.69) is 101 Å². The molecule has 0 spiro atoms. The monoisotopic (exact) mass is 380 g/mol. The van der Waals surface area contributed by atoms with Crippen LogP contribution in [-0.4, -0.2) is 0 Å². The predicted molar refractivity (Wildman–Crippen MR) is 128 cm³/mol. The average molecular weight is 381 g/mol. The standard InChI is InChI=1S/C29H32/c1-5-22-6-8-26(17-22)24-10-12-25(13-11-24)28-15-14-27-18-23(7-9-29(27)19-28)16-21(4)20(2)3/h6-15,18-21H,5,16-17H2,1-4H3. The molecule has 0 heterocycles. The molecule has 1 aliphatic carbocycles. The van der Waals surface area contributed by atoms with Crippen LogP contribution >= 0.6 is 0 Å². The van der Waals surface area contributed by atoms with Crippen molar-refractivity contribution in [2.45, 2.75) is 47.0 Å². The molecule has 0 nitrogen and oxygen atoms in total. The lowest BCUT2D eigenvalue weighted by Gasteiger charge is -2.15. The molecule has 1 atom stereocenters. The molecule has 0 aromatic heterocycles. The average Bonchev–Trinajstić information content (AvgIpc) is 3.23. The molecule has 0 amide bonds. The molecule has 29 heavy (non-hydrogen) atoms. The maximum Gasteiger partial charge on any atom is -0.00582 e. The second-order valence-electron chi connectivity index (χ2n) is 8.95. The summed E-state index contributed by atoms with van der Waals surface area (Å²) in [6, 6.07) is 22.9. The molecule has 0 heteroatoms. The molecule has 1 aliphatic rings. The largest absolute Gasteiger partial charge is 0.0661 e. The third-order valence-corrected chi connectivity index (χ3v) is 6.58. The molecule has 0 N–H and O–H groups in total. The van der Waals surface area contributed by atoms with Crippen LogP contribution in [0.1, 0.15) is 51.7 Å². The van der Waals surface area contributed by atoms with Crippen molar-refractivity contribution in [1.82, 2.24) is 0 Å². The number of hydrogen-bond donors (Lipinski definition) is 0. The fraction of sp³-hybridized carbons (Fsp3) is 0.310. The summed E-state index contributed by atoms with van der Waals surface area (Å²) in [5.74, 6) is 1.43. The number of benzene rings is 3. The molecule has 0 saturated heterocycles. The molecular weight excluding hydrogens is 348 g/mol. The molecule has 1 unspecified atom stereocenters. The van der Waals surface area contributed by atoms with Gasteiger partial charge in [0.1, 0.15) is 0 Å². The highest BCUT2D eigenvalue weighted by molar-refractivity contribution is 5.88. The summed E-state index contributed by atoms with van der Waals surface area (Å²) in [5, 5.41) is 2.66. The summed E-state index contributed by atoms with van der Waals surface area (Å²) in [6.45, 7) is 9.21. The molecule has 3 aromatic carbocycles. The van der Waals surface area contributed by atoms with Gasteiger partial charge in [0.2, 0.25) is 0 Å². The molecule has 0 fully saturated rings. The molecule has 0 saturated carbocycles. The zero-order valence-corrected chi connectivity index (χ0v) is 18.2. The maximum absolute atomic E-state index is 2.37. The van der Waals surface area contributed by atoms with Crippen molar-refractivity contribution >= 4 is 16.3 Å². The normalized spacial score (nSPS) is 14.9. The molecule has 148 valence electrons. The first-order valence-corrected chi connectivity index (χ1v) is 11.1. The van der Waals surface area contributed by atoms with Gasteiger partial charge in [0, 0.05) is 0 Å². The number of fused-ring (bicyclic) bond motifs is 1. The highest BCUT2D eigenvalue weighted by Crippen LogP contribution is 2.32. The van der Waals surface area contributed by atoms with Gasteiger partial charge < -0.3 is 0 Å². The Balaban J connectivity index is 1.53. The quantitative estimate of drug-likeness (QED) is 0.402. The fourth-order valence-corrected chi connectivity index (χ4v) is 4.11. The minimum absolute atomic E-state index is 0.712. The fourth-order valence-electron chi connectivity index (χ4n) is 4.11. The third-order valence-electron chi connectivity index (χ3n) is 6.58. The molecule has 4 rings (SSSR count). The van der Waals surface area contributed by atoms with Gasteiger partial charge in [-0.25, -0.2) is 0 Å². The Hall–Kier alpha value is -2.60. The van der Waals surface area contributed by atoms with Crippen LogP contribution in [-0.2, 0) is 6.42 Å². The Morgan fingerprint density at radius 2 is 1.38 bits per heavy atom. The molecule has 0 aliphatic heterocycles. The smallest absolute Gasteiger partial charge is 0.00582 e. The number of rotatable bonds is 6. The minimum Gasteiger partial charge on any atom is -0.0661 e. The van der Waals surface area contributed by atoms with E-state index in [-0.39, 0.29) is 0 Å². The van der Waals surface area contributed by atoms with Gasteiger partial charge in [-0.1, -0.05) is 100 Å². The van der Waals surface area contributed by atoms with Crippen LogP contribution in [0.5, 0.6) is 0 Å². The maximum atomic E-state index is 2.37. The van der Waals surface area contributed by atoms with Crippen molar-refractivity contribution in [2.75, 3.05) is 0 Å². The van der Waals surface area contributed by atoms with Gasteiger partial charge in [0.15, 0.2) is 0 Å². The van der Waals surface area contributed by atoms with Gasteiger partial charge >= 0.3 is 0 Å². The van der Waals surface area contributed by atoms with Crippen LogP contribution in [0.15, 0.2) is 78.4 Å². The van der Waals surface area contributed by atoms with E-state index in [4.69, 9.17) is 0 Å². The SMILES string of the molecule is CCC1=CC=C(c2ccc(-c3ccc4cc(CC(C)C(C)C)ccc4c3)cc2)C1. The Morgan fingerprint density at radius 1 is 0.724 bits per heavy atom. The summed E-state index contributed by atoms with van der Waals surface area (Å²) >= 11 is 0. The molecule has 3 aromatic rings. The van der Waals surface area contributed by atoms with Crippen LogP contribution in [0.2, 0.25) is 0 Å². The van der Waals surface area contributed by atoms with Crippen molar-refractivity contribution in [3.63, 3.8) is 0 Å². The van der Waals surface area contributed by atoms with Crippen molar-refractivity contribution in [3.8, 4) is 11.1 Å². The zero-order chi connectivity index (χ0) is 20.4. The van der Waals surface area contributed by atoms with Crippen molar-refractivity contribution in [3.05, 3.63) is 89.5 Å². The summed E-state index contributed by atoms with van der Waals surface area (Å²) in [4.78, 5) is 0. The third kappa shape index (κ3) is 4.37. The summed E-state index contributed by atoms with van der Waals surface area (Å²) in [7, 11) is 0. The lowest BCUT2D eigenvalue weighted by Crippen LogP contribution is -2.07.